The number of piperidine rings is 1. The minimum atomic E-state index is -4.00. The van der Waals surface area contributed by atoms with Gasteiger partial charge >= 0.3 is 0 Å². The maximum atomic E-state index is 15.0. The molecule has 2 aromatic carbocycles. The quantitative estimate of drug-likeness (QED) is 0.346. The van der Waals surface area contributed by atoms with Crippen molar-refractivity contribution in [3.63, 3.8) is 0 Å². The first-order valence-electron chi connectivity index (χ1n) is 13.8. The zero-order chi connectivity index (χ0) is 29.9. The number of anilines is 2. The summed E-state index contributed by atoms with van der Waals surface area (Å²) in [5, 5.41) is 7.29. The summed E-state index contributed by atoms with van der Waals surface area (Å²) in [6, 6.07) is 12.8. The molecule has 2 aromatic heterocycles. The first kappa shape index (κ1) is 28.3. The fourth-order valence-corrected chi connectivity index (χ4v) is 7.20. The topological polar surface area (TPSA) is 118 Å². The number of nitrogens with zero attached hydrogens (tertiary/aromatic N) is 4. The zero-order valence-electron chi connectivity index (χ0n) is 23.9. The van der Waals surface area contributed by atoms with Crippen molar-refractivity contribution in [3.05, 3.63) is 82.9 Å². The number of sulfonamides is 1. The summed E-state index contributed by atoms with van der Waals surface area (Å²) in [5.74, 6) is -0.731. The van der Waals surface area contributed by atoms with E-state index in [1.54, 1.807) is 44.7 Å². The normalized spacial score (nSPS) is 16.6. The summed E-state index contributed by atoms with van der Waals surface area (Å²) < 4.78 is 51.5. The van der Waals surface area contributed by atoms with Crippen LogP contribution in [0, 0.1) is 12.7 Å². The smallest absolute Gasteiger partial charge is 0.259 e. The van der Waals surface area contributed by atoms with Crippen molar-refractivity contribution in [2.75, 3.05) is 18.4 Å². The fourth-order valence-electron chi connectivity index (χ4n) is 5.72. The molecule has 0 radical (unpaired) electrons. The van der Waals surface area contributed by atoms with Gasteiger partial charge in [0, 0.05) is 24.8 Å². The van der Waals surface area contributed by atoms with Gasteiger partial charge in [-0.15, -0.1) is 0 Å². The molecule has 12 heteroatoms. The highest BCUT2D eigenvalue weighted by molar-refractivity contribution is 7.89. The summed E-state index contributed by atoms with van der Waals surface area (Å²) in [6.45, 7) is 8.39. The van der Waals surface area contributed by atoms with Gasteiger partial charge < -0.3 is 15.0 Å². The Hall–Kier alpha value is -3.87. The SMILES string of the molecule is Cc1ccc(Nc2c(C(=O)N3CCC4(CC3)OCc3ccccc34)cnc3c(S(=O)(=O)NC(C)(C)C)cnn23)c(F)c1. The lowest BCUT2D eigenvalue weighted by atomic mass is 9.83. The van der Waals surface area contributed by atoms with Crippen LogP contribution in [-0.2, 0) is 27.0 Å². The number of likely N-dealkylation sites (tertiary alicyclic amines) is 1. The second-order valence-electron chi connectivity index (χ2n) is 12.0. The average molecular weight is 593 g/mol. The minimum absolute atomic E-state index is 0.00637. The largest absolute Gasteiger partial charge is 0.365 e. The number of rotatable bonds is 5. The molecule has 0 saturated carbocycles. The molecule has 4 aromatic rings. The molecule has 0 unspecified atom stereocenters. The molecule has 42 heavy (non-hydrogen) atoms. The number of halogens is 1. The van der Waals surface area contributed by atoms with E-state index in [4.69, 9.17) is 4.74 Å². The van der Waals surface area contributed by atoms with Crippen LogP contribution < -0.4 is 10.0 Å². The number of benzene rings is 2. The van der Waals surface area contributed by atoms with Crippen LogP contribution in [0.1, 0.15) is 60.7 Å². The van der Waals surface area contributed by atoms with E-state index >= 15 is 0 Å². The molecule has 2 aliphatic rings. The Morgan fingerprint density at radius 2 is 1.83 bits per heavy atom. The molecule has 1 amide bonds. The molecule has 6 rings (SSSR count). The number of aromatic nitrogens is 3. The molecule has 1 saturated heterocycles. The van der Waals surface area contributed by atoms with E-state index in [0.717, 1.165) is 5.56 Å². The first-order chi connectivity index (χ1) is 19.9. The maximum absolute atomic E-state index is 15.0. The van der Waals surface area contributed by atoms with Crippen molar-refractivity contribution in [3.8, 4) is 0 Å². The Morgan fingerprint density at radius 3 is 2.55 bits per heavy atom. The predicted molar refractivity (Wildman–Crippen MR) is 156 cm³/mol. The Balaban J connectivity index is 1.37. The number of nitrogens with one attached hydrogen (secondary N) is 2. The van der Waals surface area contributed by atoms with Crippen LogP contribution in [0.3, 0.4) is 0 Å². The maximum Gasteiger partial charge on any atom is 0.259 e. The highest BCUT2D eigenvalue weighted by Crippen LogP contribution is 2.44. The molecule has 1 fully saturated rings. The predicted octanol–water partition coefficient (Wildman–Crippen LogP) is 4.66. The molecule has 10 nitrogen and oxygen atoms in total. The van der Waals surface area contributed by atoms with Crippen molar-refractivity contribution < 1.29 is 22.3 Å². The van der Waals surface area contributed by atoms with Crippen molar-refractivity contribution in [2.24, 2.45) is 0 Å². The standard InChI is InChI=1S/C30H33FN6O4S/c1-19-9-10-24(23(31)15-19)34-26-21(16-32-27-25(17-33-37(26)27)42(39,40)35-29(2,3)4)28(38)36-13-11-30(12-14-36)22-8-6-5-7-20(22)18-41-30/h5-10,15-17,34-35H,11-14,18H2,1-4H3. The van der Waals surface area contributed by atoms with Gasteiger partial charge in [-0.2, -0.15) is 9.61 Å². The van der Waals surface area contributed by atoms with E-state index in [1.807, 2.05) is 12.1 Å². The Morgan fingerprint density at radius 1 is 1.10 bits per heavy atom. The summed E-state index contributed by atoms with van der Waals surface area (Å²) in [6.07, 6.45) is 3.77. The van der Waals surface area contributed by atoms with Crippen LogP contribution in [0.5, 0.6) is 0 Å². The van der Waals surface area contributed by atoms with E-state index in [-0.39, 0.29) is 33.5 Å². The lowest BCUT2D eigenvalue weighted by Gasteiger charge is -2.39. The fraction of sp³-hybridized carbons (Fsp3) is 0.367. The molecular formula is C30H33FN6O4S. The number of ether oxygens (including phenoxy) is 1. The molecule has 220 valence electrons. The van der Waals surface area contributed by atoms with Crippen molar-refractivity contribution in [2.45, 2.75) is 63.2 Å². The number of hydrogen-bond acceptors (Lipinski definition) is 7. The zero-order valence-corrected chi connectivity index (χ0v) is 24.8. The van der Waals surface area contributed by atoms with Crippen LogP contribution in [0.15, 0.2) is 59.8 Å². The number of carbonyl (C=O) groups is 1. The monoisotopic (exact) mass is 592 g/mol. The van der Waals surface area contributed by atoms with E-state index in [2.05, 4.69) is 32.3 Å². The van der Waals surface area contributed by atoms with Gasteiger partial charge in [0.1, 0.15) is 22.1 Å². The minimum Gasteiger partial charge on any atom is -0.365 e. The Labute approximate surface area is 244 Å². The van der Waals surface area contributed by atoms with Gasteiger partial charge in [0.25, 0.3) is 5.91 Å². The van der Waals surface area contributed by atoms with Gasteiger partial charge in [-0.25, -0.2) is 22.5 Å². The Bertz CT molecular complexity index is 1810. The highest BCUT2D eigenvalue weighted by atomic mass is 32.2. The third-order valence-electron chi connectivity index (χ3n) is 7.70. The second kappa shape index (κ2) is 10.1. The molecule has 0 aliphatic carbocycles. The van der Waals surface area contributed by atoms with Crippen LogP contribution in [0.2, 0.25) is 0 Å². The number of amides is 1. The van der Waals surface area contributed by atoms with Gasteiger partial charge in [-0.3, -0.25) is 4.79 Å². The number of fused-ring (bicyclic) bond motifs is 3. The molecule has 2 aliphatic heterocycles. The van der Waals surface area contributed by atoms with Gasteiger partial charge in [0.05, 0.1) is 24.1 Å². The van der Waals surface area contributed by atoms with E-state index in [0.29, 0.717) is 32.5 Å². The van der Waals surface area contributed by atoms with Crippen LogP contribution in [0.25, 0.3) is 5.65 Å². The number of carbonyl (C=O) groups excluding carboxylic acids is 1. The summed E-state index contributed by atoms with van der Waals surface area (Å²) in [4.78, 5) is 19.9. The summed E-state index contributed by atoms with van der Waals surface area (Å²) in [5.41, 5.74) is 2.16. The number of aryl methyl sites for hydroxylation is 1. The van der Waals surface area contributed by atoms with Gasteiger partial charge in [0.2, 0.25) is 10.0 Å². The lowest BCUT2D eigenvalue weighted by molar-refractivity contribution is -0.0741. The molecule has 4 heterocycles. The van der Waals surface area contributed by atoms with Crippen LogP contribution in [-0.4, -0.2) is 52.5 Å². The molecule has 0 atom stereocenters. The lowest BCUT2D eigenvalue weighted by Crippen LogP contribution is -2.45. The average Bonchev–Trinajstić information content (AvgIpc) is 3.52. The molecule has 2 N–H and O–H groups in total. The van der Waals surface area contributed by atoms with Gasteiger partial charge in [-0.05, 0) is 69.4 Å². The van der Waals surface area contributed by atoms with Crippen molar-refractivity contribution in [1.82, 2.24) is 24.2 Å². The summed E-state index contributed by atoms with van der Waals surface area (Å²) in [7, 11) is -4.00. The van der Waals surface area contributed by atoms with Gasteiger partial charge in [0.15, 0.2) is 5.65 Å². The second-order valence-corrected chi connectivity index (χ2v) is 13.6. The molecule has 0 bridgehead atoms. The Kier molecular flexibility index (Phi) is 6.82. The third kappa shape index (κ3) is 5.03. The molecular weight excluding hydrogens is 559 g/mol. The van der Waals surface area contributed by atoms with E-state index < -0.39 is 27.0 Å². The third-order valence-corrected chi connectivity index (χ3v) is 9.45. The van der Waals surface area contributed by atoms with Gasteiger partial charge in [-0.1, -0.05) is 30.3 Å². The van der Waals surface area contributed by atoms with E-state index in [9.17, 15) is 17.6 Å². The first-order valence-corrected chi connectivity index (χ1v) is 15.3. The van der Waals surface area contributed by atoms with E-state index in [1.165, 1.54) is 34.1 Å². The number of hydrogen-bond donors (Lipinski definition) is 2. The molecule has 1 spiro atoms. The van der Waals surface area contributed by atoms with Crippen LogP contribution in [0.4, 0.5) is 15.9 Å². The van der Waals surface area contributed by atoms with Crippen molar-refractivity contribution in [1.29, 1.82) is 0 Å². The van der Waals surface area contributed by atoms with Crippen LogP contribution >= 0.6 is 0 Å². The highest BCUT2D eigenvalue weighted by Gasteiger charge is 2.43. The summed E-state index contributed by atoms with van der Waals surface area (Å²) >= 11 is 0. The van der Waals surface area contributed by atoms with Crippen molar-refractivity contribution >= 4 is 33.1 Å².